The molecule has 0 spiro atoms. The standard InChI is InChI=1S/C19H25N5OS/c1-22(2)17-11-18(21-13-20-17)23-7-3-14(4-8-23)19(25)24-9-5-16-15(12-24)6-10-26-16/h6,10-11,13-14H,3-5,7-9,12H2,1-2H3. The van der Waals surface area contributed by atoms with Gasteiger partial charge in [-0.1, -0.05) is 0 Å². The van der Waals surface area contributed by atoms with Crippen molar-refractivity contribution in [1.29, 1.82) is 0 Å². The van der Waals surface area contributed by atoms with Crippen LogP contribution in [-0.2, 0) is 17.8 Å². The second-order valence-corrected chi connectivity index (χ2v) is 8.27. The van der Waals surface area contributed by atoms with Crippen molar-refractivity contribution in [3.05, 3.63) is 34.3 Å². The maximum absolute atomic E-state index is 12.9. The van der Waals surface area contributed by atoms with Gasteiger partial charge in [-0.2, -0.15) is 0 Å². The molecule has 4 heterocycles. The van der Waals surface area contributed by atoms with Gasteiger partial charge in [0.15, 0.2) is 0 Å². The summed E-state index contributed by atoms with van der Waals surface area (Å²) < 4.78 is 0. The van der Waals surface area contributed by atoms with Crippen LogP contribution < -0.4 is 9.80 Å². The number of hydrogen-bond donors (Lipinski definition) is 0. The molecule has 0 radical (unpaired) electrons. The zero-order valence-electron chi connectivity index (χ0n) is 15.4. The fourth-order valence-electron chi connectivity index (χ4n) is 3.81. The highest BCUT2D eigenvalue weighted by Gasteiger charge is 2.31. The van der Waals surface area contributed by atoms with Gasteiger partial charge < -0.3 is 14.7 Å². The molecule has 2 aliphatic heterocycles. The summed E-state index contributed by atoms with van der Waals surface area (Å²) in [5.41, 5.74) is 1.34. The third kappa shape index (κ3) is 3.40. The Hall–Kier alpha value is -2.15. The lowest BCUT2D eigenvalue weighted by molar-refractivity contribution is -0.137. The highest BCUT2D eigenvalue weighted by molar-refractivity contribution is 7.10. The van der Waals surface area contributed by atoms with Crippen molar-refractivity contribution in [2.45, 2.75) is 25.8 Å². The number of carbonyl (C=O) groups is 1. The first-order valence-corrected chi connectivity index (χ1v) is 10.1. The molecule has 2 aliphatic rings. The lowest BCUT2D eigenvalue weighted by Crippen LogP contribution is -2.44. The van der Waals surface area contributed by atoms with E-state index in [0.717, 1.165) is 57.1 Å². The van der Waals surface area contributed by atoms with E-state index in [2.05, 4.69) is 31.2 Å². The summed E-state index contributed by atoms with van der Waals surface area (Å²) in [7, 11) is 3.96. The van der Waals surface area contributed by atoms with Gasteiger partial charge in [0, 0.05) is 57.1 Å². The topological polar surface area (TPSA) is 52.6 Å². The maximum Gasteiger partial charge on any atom is 0.226 e. The minimum Gasteiger partial charge on any atom is -0.363 e. The SMILES string of the molecule is CN(C)c1cc(N2CCC(C(=O)N3CCc4sccc4C3)CC2)ncn1. The smallest absolute Gasteiger partial charge is 0.226 e. The van der Waals surface area contributed by atoms with Gasteiger partial charge in [-0.3, -0.25) is 4.79 Å². The molecule has 0 atom stereocenters. The molecule has 2 aromatic heterocycles. The number of rotatable bonds is 3. The molecular formula is C19H25N5OS. The molecule has 2 aromatic rings. The predicted octanol–water partition coefficient (Wildman–Crippen LogP) is 2.41. The molecule has 1 saturated heterocycles. The monoisotopic (exact) mass is 371 g/mol. The second kappa shape index (κ2) is 7.23. The van der Waals surface area contributed by atoms with Crippen LogP contribution in [0.4, 0.5) is 11.6 Å². The normalized spacial score (nSPS) is 17.9. The van der Waals surface area contributed by atoms with E-state index >= 15 is 0 Å². The van der Waals surface area contributed by atoms with E-state index in [0.29, 0.717) is 5.91 Å². The lowest BCUT2D eigenvalue weighted by Gasteiger charge is -2.36. The van der Waals surface area contributed by atoms with E-state index in [9.17, 15) is 4.79 Å². The van der Waals surface area contributed by atoms with Gasteiger partial charge in [0.25, 0.3) is 0 Å². The largest absolute Gasteiger partial charge is 0.363 e. The van der Waals surface area contributed by atoms with Crippen molar-refractivity contribution in [2.75, 3.05) is 43.5 Å². The van der Waals surface area contributed by atoms with Crippen LogP contribution >= 0.6 is 11.3 Å². The Labute approximate surface area is 158 Å². The summed E-state index contributed by atoms with van der Waals surface area (Å²) in [4.78, 5) is 29.4. The summed E-state index contributed by atoms with van der Waals surface area (Å²) in [5, 5.41) is 2.14. The van der Waals surface area contributed by atoms with E-state index < -0.39 is 0 Å². The zero-order chi connectivity index (χ0) is 18.1. The van der Waals surface area contributed by atoms with Crippen molar-refractivity contribution >= 4 is 28.9 Å². The van der Waals surface area contributed by atoms with Gasteiger partial charge in [-0.25, -0.2) is 9.97 Å². The number of piperidine rings is 1. The Balaban J connectivity index is 1.36. The Morgan fingerprint density at radius 2 is 2.04 bits per heavy atom. The lowest BCUT2D eigenvalue weighted by atomic mass is 9.94. The average Bonchev–Trinajstić information content (AvgIpc) is 3.15. The van der Waals surface area contributed by atoms with E-state index in [1.165, 1.54) is 10.4 Å². The van der Waals surface area contributed by atoms with Gasteiger partial charge in [0.2, 0.25) is 5.91 Å². The van der Waals surface area contributed by atoms with Gasteiger partial charge in [0.05, 0.1) is 0 Å². The molecule has 1 fully saturated rings. The molecule has 0 saturated carbocycles. The highest BCUT2D eigenvalue weighted by Crippen LogP contribution is 2.28. The number of amides is 1. The van der Waals surface area contributed by atoms with Crippen molar-refractivity contribution in [2.24, 2.45) is 5.92 Å². The van der Waals surface area contributed by atoms with Crippen LogP contribution in [0.15, 0.2) is 23.8 Å². The molecule has 0 aromatic carbocycles. The molecular weight excluding hydrogens is 346 g/mol. The highest BCUT2D eigenvalue weighted by atomic mass is 32.1. The summed E-state index contributed by atoms with van der Waals surface area (Å²) >= 11 is 1.82. The van der Waals surface area contributed by atoms with Gasteiger partial charge in [0.1, 0.15) is 18.0 Å². The third-order valence-corrected chi connectivity index (χ3v) is 6.41. The molecule has 0 N–H and O–H groups in total. The number of anilines is 2. The fraction of sp³-hybridized carbons (Fsp3) is 0.526. The summed E-state index contributed by atoms with van der Waals surface area (Å²) in [6.45, 7) is 3.40. The van der Waals surface area contributed by atoms with Crippen LogP contribution in [0.1, 0.15) is 23.3 Å². The average molecular weight is 372 g/mol. The summed E-state index contributed by atoms with van der Waals surface area (Å²) in [5.74, 6) is 2.34. The number of hydrogen-bond acceptors (Lipinski definition) is 6. The molecule has 138 valence electrons. The molecule has 0 aliphatic carbocycles. The minimum absolute atomic E-state index is 0.140. The van der Waals surface area contributed by atoms with E-state index in [1.54, 1.807) is 6.33 Å². The Morgan fingerprint density at radius 3 is 2.81 bits per heavy atom. The van der Waals surface area contributed by atoms with Crippen LogP contribution in [0.3, 0.4) is 0 Å². The number of thiophene rings is 1. The van der Waals surface area contributed by atoms with Crippen LogP contribution in [0, 0.1) is 5.92 Å². The predicted molar refractivity (Wildman–Crippen MR) is 105 cm³/mol. The number of fused-ring (bicyclic) bond motifs is 1. The summed E-state index contributed by atoms with van der Waals surface area (Å²) in [6.07, 6.45) is 4.42. The Morgan fingerprint density at radius 1 is 1.23 bits per heavy atom. The molecule has 26 heavy (non-hydrogen) atoms. The first kappa shape index (κ1) is 17.3. The molecule has 0 unspecified atom stereocenters. The molecule has 1 amide bonds. The van der Waals surface area contributed by atoms with Gasteiger partial charge in [-0.15, -0.1) is 11.3 Å². The molecule has 6 nitrogen and oxygen atoms in total. The fourth-order valence-corrected chi connectivity index (χ4v) is 4.69. The number of nitrogens with zero attached hydrogens (tertiary/aromatic N) is 5. The quantitative estimate of drug-likeness (QED) is 0.829. The first-order valence-electron chi connectivity index (χ1n) is 9.20. The molecule has 0 bridgehead atoms. The molecule has 4 rings (SSSR count). The summed E-state index contributed by atoms with van der Waals surface area (Å²) in [6, 6.07) is 4.18. The first-order chi connectivity index (χ1) is 12.6. The van der Waals surface area contributed by atoms with Gasteiger partial charge >= 0.3 is 0 Å². The minimum atomic E-state index is 0.140. The van der Waals surface area contributed by atoms with Crippen molar-refractivity contribution in [3.8, 4) is 0 Å². The Bertz CT molecular complexity index is 782. The van der Waals surface area contributed by atoms with Crippen molar-refractivity contribution < 1.29 is 4.79 Å². The van der Waals surface area contributed by atoms with Crippen LogP contribution in [0.25, 0.3) is 0 Å². The third-order valence-electron chi connectivity index (χ3n) is 5.38. The van der Waals surface area contributed by atoms with Crippen molar-refractivity contribution in [3.63, 3.8) is 0 Å². The molecule has 7 heteroatoms. The number of carbonyl (C=O) groups excluding carboxylic acids is 1. The zero-order valence-corrected chi connectivity index (χ0v) is 16.2. The Kier molecular flexibility index (Phi) is 4.80. The van der Waals surface area contributed by atoms with Crippen LogP contribution in [-0.4, -0.2) is 54.5 Å². The maximum atomic E-state index is 12.9. The van der Waals surface area contributed by atoms with Crippen molar-refractivity contribution in [1.82, 2.24) is 14.9 Å². The van der Waals surface area contributed by atoms with Crippen LogP contribution in [0.5, 0.6) is 0 Å². The second-order valence-electron chi connectivity index (χ2n) is 7.27. The number of aromatic nitrogens is 2. The van der Waals surface area contributed by atoms with E-state index in [4.69, 9.17) is 0 Å². The van der Waals surface area contributed by atoms with E-state index in [1.807, 2.05) is 36.4 Å². The van der Waals surface area contributed by atoms with Crippen LogP contribution in [0.2, 0.25) is 0 Å². The van der Waals surface area contributed by atoms with Gasteiger partial charge in [-0.05, 0) is 36.3 Å². The van der Waals surface area contributed by atoms with E-state index in [-0.39, 0.29) is 5.92 Å².